The normalized spacial score (nSPS) is 23.9. The van der Waals surface area contributed by atoms with Gasteiger partial charge in [-0.15, -0.1) is 0 Å². The lowest BCUT2D eigenvalue weighted by Crippen LogP contribution is -2.38. The molecule has 2 aliphatic heterocycles. The molecule has 7 rings (SSSR count). The summed E-state index contributed by atoms with van der Waals surface area (Å²) >= 11 is 0. The van der Waals surface area contributed by atoms with Gasteiger partial charge in [0.2, 0.25) is 0 Å². The highest BCUT2D eigenvalue weighted by molar-refractivity contribution is 5.84. The van der Waals surface area contributed by atoms with E-state index in [2.05, 4.69) is 46.7 Å². The van der Waals surface area contributed by atoms with E-state index in [9.17, 15) is 5.11 Å². The van der Waals surface area contributed by atoms with E-state index in [0.29, 0.717) is 17.0 Å². The van der Waals surface area contributed by atoms with Crippen molar-refractivity contribution in [1.82, 2.24) is 19.5 Å². The zero-order valence-electron chi connectivity index (χ0n) is 24.5. The van der Waals surface area contributed by atoms with Crippen LogP contribution in [0.15, 0.2) is 97.6 Å². The average molecular weight is 596 g/mol. The van der Waals surface area contributed by atoms with Crippen LogP contribution in [0.2, 0.25) is 0 Å². The van der Waals surface area contributed by atoms with E-state index in [-0.39, 0.29) is 0 Å². The second kappa shape index (κ2) is 11.6. The predicted octanol–water partition coefficient (Wildman–Crippen LogP) is 4.23. The number of rotatable bonds is 9. The van der Waals surface area contributed by atoms with Crippen molar-refractivity contribution in [3.63, 3.8) is 0 Å². The van der Waals surface area contributed by atoms with Crippen molar-refractivity contribution in [3.05, 3.63) is 114 Å². The molecule has 2 unspecified atom stereocenters. The third-order valence-electron chi connectivity index (χ3n) is 8.31. The number of hydrogen-bond acceptors (Lipinski definition) is 10. The number of hydrogen-bond donors (Lipinski definition) is 2. The van der Waals surface area contributed by atoms with E-state index in [1.54, 1.807) is 24.9 Å². The van der Waals surface area contributed by atoms with Gasteiger partial charge in [-0.2, -0.15) is 0 Å². The Morgan fingerprint density at radius 3 is 2.07 bits per heavy atom. The fourth-order valence-corrected chi connectivity index (χ4v) is 6.22. The predicted molar refractivity (Wildman–Crippen MR) is 161 cm³/mol. The quantitative estimate of drug-likeness (QED) is 0.240. The molecule has 5 aromatic rings. The Hall–Kier alpha value is -4.39. The summed E-state index contributed by atoms with van der Waals surface area (Å²) in [5.41, 5.74) is 3.20. The first-order chi connectivity index (χ1) is 21.5. The van der Waals surface area contributed by atoms with Gasteiger partial charge in [0.15, 0.2) is 23.2 Å². The smallest absolute Gasteiger partial charge is 0.272 e. The molecule has 2 saturated heterocycles. The van der Waals surface area contributed by atoms with Gasteiger partial charge in [0.05, 0.1) is 19.5 Å². The lowest BCUT2D eigenvalue weighted by molar-refractivity contribution is -0.259. The van der Waals surface area contributed by atoms with Crippen LogP contribution in [0.3, 0.4) is 0 Å². The molecular weight excluding hydrogens is 562 g/mol. The van der Waals surface area contributed by atoms with Gasteiger partial charge in [0.1, 0.15) is 35.9 Å². The Labute approximate surface area is 254 Å². The maximum atomic E-state index is 10.4. The monoisotopic (exact) mass is 595 g/mol. The number of methoxy groups -OCH3 is 2. The summed E-state index contributed by atoms with van der Waals surface area (Å²) in [4.78, 5) is 14.1. The highest BCUT2D eigenvalue weighted by Crippen LogP contribution is 2.44. The van der Waals surface area contributed by atoms with E-state index in [0.717, 1.165) is 22.4 Å². The number of nitrogens with one attached hydrogen (secondary N) is 1. The van der Waals surface area contributed by atoms with Crippen molar-refractivity contribution in [2.24, 2.45) is 0 Å². The molecular formula is C33H33N5O6. The van der Waals surface area contributed by atoms with Gasteiger partial charge < -0.3 is 34.1 Å². The van der Waals surface area contributed by atoms with Gasteiger partial charge in [-0.1, -0.05) is 72.8 Å². The zero-order valence-corrected chi connectivity index (χ0v) is 24.5. The Bertz CT molecular complexity index is 1680. The minimum absolute atomic E-state index is 0.525. The molecule has 0 aliphatic carbocycles. The molecule has 2 aromatic heterocycles. The van der Waals surface area contributed by atoms with E-state index < -0.39 is 42.7 Å². The van der Waals surface area contributed by atoms with E-state index in [4.69, 9.17) is 33.7 Å². The van der Waals surface area contributed by atoms with Gasteiger partial charge in [-0.3, -0.25) is 4.57 Å². The van der Waals surface area contributed by atoms with Crippen LogP contribution in [-0.2, 0) is 24.5 Å². The minimum Gasteiger partial charge on any atom is -0.497 e. The van der Waals surface area contributed by atoms with Crippen LogP contribution in [-0.4, -0.2) is 69.7 Å². The van der Waals surface area contributed by atoms with Crippen molar-refractivity contribution >= 4 is 17.0 Å². The second-order valence-electron chi connectivity index (χ2n) is 10.8. The number of imidazole rings is 1. The summed E-state index contributed by atoms with van der Waals surface area (Å²) in [6.07, 6.45) is -0.00488. The molecule has 2 aliphatic rings. The number of aliphatic hydroxyl groups excluding tert-OH is 1. The summed E-state index contributed by atoms with van der Waals surface area (Å²) in [5, 5.41) is 14.2. The maximum absolute atomic E-state index is 10.4. The molecule has 44 heavy (non-hydrogen) atoms. The lowest BCUT2D eigenvalue weighted by Gasteiger charge is -2.37. The summed E-state index contributed by atoms with van der Waals surface area (Å²) in [6.45, 7) is 0.802. The fourth-order valence-electron chi connectivity index (χ4n) is 6.22. The van der Waals surface area contributed by atoms with Crippen molar-refractivity contribution in [2.75, 3.05) is 19.5 Å². The zero-order chi connectivity index (χ0) is 30.3. The Kier molecular flexibility index (Phi) is 7.48. The molecule has 2 fully saturated rings. The van der Waals surface area contributed by atoms with E-state index in [1.165, 1.54) is 13.4 Å². The Morgan fingerprint density at radius 2 is 1.45 bits per heavy atom. The molecule has 226 valence electrons. The van der Waals surface area contributed by atoms with Crippen LogP contribution >= 0.6 is 0 Å². The van der Waals surface area contributed by atoms with Crippen LogP contribution in [0.4, 0.5) is 5.82 Å². The Balaban J connectivity index is 1.36. The van der Waals surface area contributed by atoms with Crippen molar-refractivity contribution in [3.8, 4) is 5.75 Å². The van der Waals surface area contributed by atoms with Gasteiger partial charge in [-0.25, -0.2) is 15.0 Å². The van der Waals surface area contributed by atoms with Crippen LogP contribution in [0.25, 0.3) is 11.2 Å². The third kappa shape index (κ3) is 4.70. The topological polar surface area (TPSA) is 122 Å². The number of aliphatic hydroxyl groups is 1. The van der Waals surface area contributed by atoms with Crippen LogP contribution in [0, 0.1) is 0 Å². The first-order valence-corrected chi connectivity index (χ1v) is 14.4. The second-order valence-corrected chi connectivity index (χ2v) is 10.8. The first-order valence-electron chi connectivity index (χ1n) is 14.4. The number of aromatic nitrogens is 4. The molecule has 0 spiro atoms. The molecule has 2 N–H and O–H groups in total. The maximum Gasteiger partial charge on any atom is 0.272 e. The van der Waals surface area contributed by atoms with Gasteiger partial charge >= 0.3 is 0 Å². The van der Waals surface area contributed by atoms with E-state index >= 15 is 0 Å². The summed E-state index contributed by atoms with van der Waals surface area (Å²) in [6, 6.07) is 28.4. The summed E-state index contributed by atoms with van der Waals surface area (Å²) in [5.74, 6) is 1.28. The van der Waals surface area contributed by atoms with Gasteiger partial charge in [0.25, 0.3) is 6.48 Å². The molecule has 0 radical (unpaired) electrons. The third-order valence-corrected chi connectivity index (χ3v) is 8.31. The van der Waals surface area contributed by atoms with Crippen LogP contribution in [0.1, 0.15) is 29.8 Å². The largest absolute Gasteiger partial charge is 0.497 e. The van der Waals surface area contributed by atoms with Crippen LogP contribution < -0.4 is 10.1 Å². The molecule has 0 saturated carbocycles. The lowest BCUT2D eigenvalue weighted by atomic mass is 9.77. The van der Waals surface area contributed by atoms with Gasteiger partial charge in [0, 0.05) is 7.11 Å². The number of anilines is 1. The first kappa shape index (κ1) is 28.4. The number of benzene rings is 3. The molecule has 6 atom stereocenters. The van der Waals surface area contributed by atoms with Crippen molar-refractivity contribution in [2.45, 2.75) is 49.6 Å². The molecule has 0 amide bonds. The fraction of sp³-hybridized carbons (Fsp3) is 0.303. The van der Waals surface area contributed by atoms with Crippen molar-refractivity contribution < 1.29 is 28.8 Å². The summed E-state index contributed by atoms with van der Waals surface area (Å²) < 4.78 is 30.7. The molecule has 11 heteroatoms. The number of nitrogens with zero attached hydrogens (tertiary/aromatic N) is 4. The average Bonchev–Trinajstić information content (AvgIpc) is 3.78. The standard InChI is InChI=1S/C33H33N5O6/c1-20(39)26-27-28(44-32(41-3)43-27)31(42-26)38-19-36-25-29(34-18-35-30(25)38)37-33(21-10-6-4-7-11-21,22-12-8-5-9-13-22)23-14-16-24(40-2)17-15-23/h4-20,26-28,31-32,39H,1-3H3,(H,34,35,37)/t20?,26-,27-,28-,31-,32?/m1/s1. The summed E-state index contributed by atoms with van der Waals surface area (Å²) in [7, 11) is 3.16. The van der Waals surface area contributed by atoms with E-state index in [1.807, 2.05) is 48.5 Å². The van der Waals surface area contributed by atoms with Crippen LogP contribution in [0.5, 0.6) is 5.75 Å². The van der Waals surface area contributed by atoms with Crippen molar-refractivity contribution in [1.29, 1.82) is 0 Å². The number of fused-ring (bicyclic) bond motifs is 2. The molecule has 11 nitrogen and oxygen atoms in total. The molecule has 3 aromatic carbocycles. The SMILES string of the molecule is COc1ccc(C(Nc2ncnc3c2ncn3[C@@H]2O[C@H](C(C)O)[C@H]3OC(OC)O[C@H]32)(c2ccccc2)c2ccccc2)cc1. The highest BCUT2D eigenvalue weighted by Gasteiger charge is 2.55. The van der Waals surface area contributed by atoms with Gasteiger partial charge in [-0.05, 0) is 35.7 Å². The highest BCUT2D eigenvalue weighted by atomic mass is 16.9. The molecule has 4 heterocycles. The Morgan fingerprint density at radius 1 is 0.818 bits per heavy atom. The number of ether oxygens (including phenoxy) is 5. The molecule has 0 bridgehead atoms. The minimum atomic E-state index is -0.861.